The molecule has 0 unspecified atom stereocenters. The van der Waals surface area contributed by atoms with Gasteiger partial charge in [-0.05, 0) is 17.7 Å². The molecule has 0 aliphatic rings. The Morgan fingerprint density at radius 3 is 2.89 bits per heavy atom. The molecule has 18 heavy (non-hydrogen) atoms. The molecule has 2 aromatic rings. The predicted molar refractivity (Wildman–Crippen MR) is 70.8 cm³/mol. The zero-order valence-corrected chi connectivity index (χ0v) is 10.9. The number of amides is 1. The molecule has 2 rings (SSSR count). The van der Waals surface area contributed by atoms with E-state index in [1.54, 1.807) is 7.05 Å². The van der Waals surface area contributed by atoms with Crippen molar-refractivity contribution >= 4 is 40.5 Å². The smallest absolute Gasteiger partial charge is 0.261 e. The van der Waals surface area contributed by atoms with E-state index in [2.05, 4.69) is 10.4 Å². The number of thiocarbonyl (C=S) groups is 1. The molecule has 6 nitrogen and oxygen atoms in total. The molecule has 8 heteroatoms. The van der Waals surface area contributed by atoms with Crippen LogP contribution in [-0.4, -0.2) is 20.7 Å². The molecule has 0 radical (unpaired) electrons. The summed E-state index contributed by atoms with van der Waals surface area (Å²) in [4.78, 5) is 12.1. The molecule has 0 aromatic carbocycles. The van der Waals surface area contributed by atoms with Crippen molar-refractivity contribution in [3.05, 3.63) is 34.9 Å². The first kappa shape index (κ1) is 12.6. The molecule has 0 spiro atoms. The maximum atomic E-state index is 11.9. The van der Waals surface area contributed by atoms with Crippen LogP contribution in [-0.2, 0) is 7.05 Å². The van der Waals surface area contributed by atoms with Crippen LogP contribution in [0.1, 0.15) is 15.9 Å². The third-order valence-electron chi connectivity index (χ3n) is 2.30. The molecule has 0 saturated carbocycles. The van der Waals surface area contributed by atoms with Gasteiger partial charge in [-0.15, -0.1) is 0 Å². The van der Waals surface area contributed by atoms with Crippen molar-refractivity contribution in [2.75, 3.05) is 5.32 Å². The molecule has 0 saturated heterocycles. The maximum absolute atomic E-state index is 11.9. The normalized spacial score (nSPS) is 10.3. The third-order valence-corrected chi connectivity index (χ3v) is 2.81. The summed E-state index contributed by atoms with van der Waals surface area (Å²) in [6.45, 7) is 0. The molecule has 0 bridgehead atoms. The Bertz CT molecular complexity index is 619. The van der Waals surface area contributed by atoms with E-state index in [1.807, 2.05) is 0 Å². The van der Waals surface area contributed by atoms with Gasteiger partial charge in [0.15, 0.2) is 0 Å². The number of hydrogen-bond acceptors (Lipinski definition) is 4. The SMILES string of the molecule is Cn1ncc(C(N)=S)c1NC(=O)c1ccoc1Cl. The molecular formula is C10H9ClN4O2S. The van der Waals surface area contributed by atoms with Crippen molar-refractivity contribution in [3.8, 4) is 0 Å². The highest BCUT2D eigenvalue weighted by molar-refractivity contribution is 7.80. The fourth-order valence-corrected chi connectivity index (χ4v) is 1.75. The minimum Gasteiger partial charge on any atom is -0.452 e. The number of aromatic nitrogens is 2. The van der Waals surface area contributed by atoms with Crippen LogP contribution in [0.3, 0.4) is 0 Å². The van der Waals surface area contributed by atoms with Crippen molar-refractivity contribution in [2.24, 2.45) is 12.8 Å². The number of aryl methyl sites for hydroxylation is 1. The zero-order chi connectivity index (χ0) is 13.3. The molecule has 0 aliphatic carbocycles. The van der Waals surface area contributed by atoms with Gasteiger partial charge in [0.05, 0.1) is 23.6 Å². The lowest BCUT2D eigenvalue weighted by atomic mass is 10.3. The first-order chi connectivity index (χ1) is 8.50. The number of rotatable bonds is 3. The van der Waals surface area contributed by atoms with Crippen molar-refractivity contribution in [2.45, 2.75) is 0 Å². The van der Waals surface area contributed by atoms with E-state index < -0.39 is 5.91 Å². The number of carbonyl (C=O) groups is 1. The highest BCUT2D eigenvalue weighted by Gasteiger charge is 2.18. The summed E-state index contributed by atoms with van der Waals surface area (Å²) in [7, 11) is 1.66. The maximum Gasteiger partial charge on any atom is 0.261 e. The largest absolute Gasteiger partial charge is 0.452 e. The van der Waals surface area contributed by atoms with Crippen LogP contribution in [0.2, 0.25) is 5.22 Å². The molecule has 0 fully saturated rings. The lowest BCUT2D eigenvalue weighted by molar-refractivity contribution is 0.102. The monoisotopic (exact) mass is 284 g/mol. The molecule has 2 heterocycles. The van der Waals surface area contributed by atoms with E-state index in [-0.39, 0.29) is 15.8 Å². The van der Waals surface area contributed by atoms with Gasteiger partial charge >= 0.3 is 0 Å². The van der Waals surface area contributed by atoms with E-state index in [4.69, 9.17) is 34.0 Å². The number of halogens is 1. The zero-order valence-electron chi connectivity index (χ0n) is 9.31. The summed E-state index contributed by atoms with van der Waals surface area (Å²) in [5.74, 6) is -0.0142. The van der Waals surface area contributed by atoms with E-state index in [0.717, 1.165) is 0 Å². The molecule has 3 N–H and O–H groups in total. The molecule has 1 amide bonds. The Morgan fingerprint density at radius 2 is 2.33 bits per heavy atom. The van der Waals surface area contributed by atoms with Crippen molar-refractivity contribution < 1.29 is 9.21 Å². The van der Waals surface area contributed by atoms with E-state index >= 15 is 0 Å². The lowest BCUT2D eigenvalue weighted by Gasteiger charge is -2.06. The van der Waals surface area contributed by atoms with Gasteiger partial charge in [0, 0.05) is 7.05 Å². The van der Waals surface area contributed by atoms with Crippen molar-refractivity contribution in [1.29, 1.82) is 0 Å². The average molecular weight is 285 g/mol. The highest BCUT2D eigenvalue weighted by atomic mass is 35.5. The summed E-state index contributed by atoms with van der Waals surface area (Å²) < 4.78 is 6.30. The van der Waals surface area contributed by atoms with Crippen LogP contribution in [0.15, 0.2) is 22.9 Å². The number of nitrogens with two attached hydrogens (primary N) is 1. The van der Waals surface area contributed by atoms with Gasteiger partial charge in [-0.25, -0.2) is 0 Å². The minimum atomic E-state index is -0.421. The van der Waals surface area contributed by atoms with Gasteiger partial charge in [0.25, 0.3) is 5.91 Å². The van der Waals surface area contributed by atoms with Gasteiger partial charge in [0.1, 0.15) is 10.8 Å². The third kappa shape index (κ3) is 2.22. The molecule has 0 aliphatic heterocycles. The topological polar surface area (TPSA) is 86.1 Å². The Morgan fingerprint density at radius 1 is 1.61 bits per heavy atom. The number of anilines is 1. The van der Waals surface area contributed by atoms with Gasteiger partial charge in [-0.1, -0.05) is 12.2 Å². The number of nitrogens with zero attached hydrogens (tertiary/aromatic N) is 2. The molecule has 0 atom stereocenters. The second kappa shape index (κ2) is 4.79. The second-order valence-electron chi connectivity index (χ2n) is 3.46. The van der Waals surface area contributed by atoms with Crippen LogP contribution >= 0.6 is 23.8 Å². The van der Waals surface area contributed by atoms with Crippen molar-refractivity contribution in [1.82, 2.24) is 9.78 Å². The van der Waals surface area contributed by atoms with Gasteiger partial charge in [0.2, 0.25) is 5.22 Å². The number of furan rings is 1. The van der Waals surface area contributed by atoms with Crippen LogP contribution in [0.5, 0.6) is 0 Å². The van der Waals surface area contributed by atoms with E-state index in [9.17, 15) is 4.79 Å². The Kier molecular flexibility index (Phi) is 3.35. The highest BCUT2D eigenvalue weighted by Crippen LogP contribution is 2.20. The summed E-state index contributed by atoms with van der Waals surface area (Å²) >= 11 is 10.6. The minimum absolute atomic E-state index is 0.0199. The molecule has 2 aromatic heterocycles. The fraction of sp³-hybridized carbons (Fsp3) is 0.100. The number of nitrogens with one attached hydrogen (secondary N) is 1. The van der Waals surface area contributed by atoms with Crippen LogP contribution in [0.4, 0.5) is 5.82 Å². The Balaban J connectivity index is 2.30. The molecule has 94 valence electrons. The van der Waals surface area contributed by atoms with Crippen LogP contribution in [0.25, 0.3) is 0 Å². The number of carbonyl (C=O) groups excluding carboxylic acids is 1. The summed E-state index contributed by atoms with van der Waals surface area (Å²) in [6.07, 6.45) is 2.81. The van der Waals surface area contributed by atoms with Gasteiger partial charge in [-0.3, -0.25) is 9.48 Å². The predicted octanol–water partition coefficient (Wildman–Crippen LogP) is 1.55. The number of hydrogen-bond donors (Lipinski definition) is 2. The first-order valence-corrected chi connectivity index (χ1v) is 5.65. The lowest BCUT2D eigenvalue weighted by Crippen LogP contribution is -2.18. The van der Waals surface area contributed by atoms with Gasteiger partial charge in [-0.2, -0.15) is 5.10 Å². The first-order valence-electron chi connectivity index (χ1n) is 4.87. The van der Waals surface area contributed by atoms with Crippen molar-refractivity contribution in [3.63, 3.8) is 0 Å². The summed E-state index contributed by atoms with van der Waals surface area (Å²) in [5, 5.41) is 6.63. The van der Waals surface area contributed by atoms with E-state index in [0.29, 0.717) is 11.4 Å². The standard InChI is InChI=1S/C10H9ClN4O2S/c1-15-9(6(4-13-15)8(12)18)14-10(16)5-2-3-17-7(5)11/h2-4H,1H3,(H2,12,18)(H,14,16). The van der Waals surface area contributed by atoms with E-state index in [1.165, 1.54) is 23.2 Å². The molecular weight excluding hydrogens is 276 g/mol. The second-order valence-corrected chi connectivity index (χ2v) is 4.24. The van der Waals surface area contributed by atoms with Crippen LogP contribution < -0.4 is 11.1 Å². The summed E-state index contributed by atoms with van der Waals surface area (Å²) in [6, 6.07) is 1.47. The Hall–Kier alpha value is -1.86. The summed E-state index contributed by atoms with van der Waals surface area (Å²) in [5.41, 5.74) is 6.25. The Labute approximate surface area is 113 Å². The fourth-order valence-electron chi connectivity index (χ4n) is 1.40. The average Bonchev–Trinajstić information content (AvgIpc) is 2.86. The van der Waals surface area contributed by atoms with Crippen LogP contribution in [0, 0.1) is 0 Å². The quantitative estimate of drug-likeness (QED) is 0.835. The van der Waals surface area contributed by atoms with Gasteiger partial charge < -0.3 is 15.5 Å².